The fraction of sp³-hybridized carbons (Fsp3) is 0. The first-order valence-corrected chi connectivity index (χ1v) is 20.8. The van der Waals surface area contributed by atoms with Gasteiger partial charge in [-0.2, -0.15) is 0 Å². The number of hydrogen-bond donors (Lipinski definition) is 0. The number of hydrogen-bond acceptors (Lipinski definition) is 5. The number of nitrogens with zero attached hydrogens (tertiary/aromatic N) is 3. The summed E-state index contributed by atoms with van der Waals surface area (Å²) in [5.74, 6) is 1.78. The van der Waals surface area contributed by atoms with E-state index >= 15 is 0 Å². The van der Waals surface area contributed by atoms with Crippen LogP contribution < -0.4 is 0 Å². The average molecular weight is 792 g/mol. The van der Waals surface area contributed by atoms with Gasteiger partial charge in [0.1, 0.15) is 22.3 Å². The minimum Gasteiger partial charge on any atom is -0.456 e. The van der Waals surface area contributed by atoms with Crippen LogP contribution in [0, 0.1) is 0 Å². The zero-order valence-electron chi connectivity index (χ0n) is 33.2. The van der Waals surface area contributed by atoms with E-state index in [9.17, 15) is 0 Å². The van der Waals surface area contributed by atoms with Crippen molar-refractivity contribution in [3.63, 3.8) is 0 Å². The van der Waals surface area contributed by atoms with Gasteiger partial charge < -0.3 is 8.83 Å². The maximum absolute atomic E-state index is 6.62. The van der Waals surface area contributed by atoms with Gasteiger partial charge in [0.2, 0.25) is 0 Å². The molecule has 0 N–H and O–H groups in total. The summed E-state index contributed by atoms with van der Waals surface area (Å²) >= 11 is 0. The lowest BCUT2D eigenvalue weighted by Gasteiger charge is -2.14. The number of fused-ring (bicyclic) bond motifs is 9. The largest absolute Gasteiger partial charge is 0.456 e. The molecule has 5 heteroatoms. The summed E-state index contributed by atoms with van der Waals surface area (Å²) in [5.41, 5.74) is 10.5. The van der Waals surface area contributed by atoms with Gasteiger partial charge in [-0.3, -0.25) is 0 Å². The lowest BCUT2D eigenvalue weighted by molar-refractivity contribution is 0.668. The molecule has 0 aliphatic carbocycles. The molecular formula is C57H33N3O2. The van der Waals surface area contributed by atoms with Crippen molar-refractivity contribution in [2.24, 2.45) is 0 Å². The summed E-state index contributed by atoms with van der Waals surface area (Å²) in [6, 6.07) is 69.9. The first kappa shape index (κ1) is 34.5. The number of furan rings is 2. The van der Waals surface area contributed by atoms with E-state index in [-0.39, 0.29) is 0 Å². The molecule has 3 heterocycles. The Morgan fingerprint density at radius 1 is 0.258 bits per heavy atom. The quantitative estimate of drug-likeness (QED) is 0.174. The third kappa shape index (κ3) is 5.45. The standard InChI is InChI=1S/C57H33N3O2/c1-3-13-36-31-38(25-23-34(36)11-1)39-27-28-47-52(33-39)62-50-21-9-18-44(53(47)50)43-29-30-45(42-16-6-5-15-41(42)43)56-58-55(40-26-24-35-12-2-4-14-37(35)32-40)59-57(60-56)48-19-10-22-51-54(48)46-17-7-8-20-49(46)61-51/h1-33H. The van der Waals surface area contributed by atoms with Crippen molar-refractivity contribution in [1.82, 2.24) is 15.0 Å². The molecule has 62 heavy (non-hydrogen) atoms. The molecule has 0 aliphatic rings. The Hall–Kier alpha value is -8.41. The molecule has 0 atom stereocenters. The Morgan fingerprint density at radius 3 is 1.50 bits per heavy atom. The molecule has 0 saturated carbocycles. The van der Waals surface area contributed by atoms with E-state index in [1.165, 1.54) is 10.8 Å². The van der Waals surface area contributed by atoms with Crippen LogP contribution in [0.15, 0.2) is 209 Å². The Balaban J connectivity index is 0.993. The van der Waals surface area contributed by atoms with Crippen molar-refractivity contribution in [3.8, 4) is 56.4 Å². The van der Waals surface area contributed by atoms with Crippen LogP contribution in [0.1, 0.15) is 0 Å². The normalized spacial score (nSPS) is 11.9. The van der Waals surface area contributed by atoms with Crippen molar-refractivity contribution in [1.29, 1.82) is 0 Å². The molecule has 288 valence electrons. The first-order chi connectivity index (χ1) is 30.7. The minimum atomic E-state index is 0.584. The van der Waals surface area contributed by atoms with Crippen LogP contribution in [0.4, 0.5) is 0 Å². The van der Waals surface area contributed by atoms with Crippen LogP contribution in [0.2, 0.25) is 0 Å². The van der Waals surface area contributed by atoms with Gasteiger partial charge in [-0.1, -0.05) is 152 Å². The summed E-state index contributed by atoms with van der Waals surface area (Å²) in [7, 11) is 0. The van der Waals surface area contributed by atoms with E-state index < -0.39 is 0 Å². The average Bonchev–Trinajstić information content (AvgIpc) is 3.92. The Bertz CT molecular complexity index is 3950. The molecule has 0 aliphatic heterocycles. The SMILES string of the molecule is c1ccc2cc(-c3ccc4c(c3)oc3cccc(-c5ccc(-c6nc(-c7ccc8ccccc8c7)nc(-c7cccc8oc9ccccc9c78)n6)c6ccccc56)c34)ccc2c1. The molecule has 0 bridgehead atoms. The van der Waals surface area contributed by atoms with Crippen molar-refractivity contribution in [2.45, 2.75) is 0 Å². The van der Waals surface area contributed by atoms with Gasteiger partial charge in [0.05, 0.1) is 0 Å². The van der Waals surface area contributed by atoms with Crippen LogP contribution in [0.5, 0.6) is 0 Å². The number of aromatic nitrogens is 3. The van der Waals surface area contributed by atoms with Crippen molar-refractivity contribution >= 4 is 76.2 Å². The van der Waals surface area contributed by atoms with Crippen molar-refractivity contribution in [2.75, 3.05) is 0 Å². The molecule has 5 nitrogen and oxygen atoms in total. The zero-order chi connectivity index (χ0) is 40.7. The van der Waals surface area contributed by atoms with Crippen LogP contribution in [-0.2, 0) is 0 Å². The monoisotopic (exact) mass is 791 g/mol. The number of benzene rings is 10. The predicted octanol–water partition coefficient (Wildman–Crippen LogP) is 15.5. The van der Waals surface area contributed by atoms with Crippen molar-refractivity contribution < 1.29 is 8.83 Å². The van der Waals surface area contributed by atoms with Crippen LogP contribution in [0.3, 0.4) is 0 Å². The van der Waals surface area contributed by atoms with Gasteiger partial charge in [0, 0.05) is 38.2 Å². The predicted molar refractivity (Wildman–Crippen MR) is 254 cm³/mol. The Morgan fingerprint density at radius 2 is 0.742 bits per heavy atom. The van der Waals surface area contributed by atoms with Gasteiger partial charge in [-0.05, 0) is 103 Å². The van der Waals surface area contributed by atoms with E-state index in [1.807, 2.05) is 30.3 Å². The molecule has 10 aromatic carbocycles. The van der Waals surface area contributed by atoms with Crippen LogP contribution >= 0.6 is 0 Å². The van der Waals surface area contributed by atoms with Gasteiger partial charge in [-0.15, -0.1) is 0 Å². The van der Waals surface area contributed by atoms with Crippen LogP contribution in [0.25, 0.3) is 133 Å². The van der Waals surface area contributed by atoms with Gasteiger partial charge in [-0.25, -0.2) is 15.0 Å². The molecule has 13 aromatic rings. The molecule has 3 aromatic heterocycles. The van der Waals surface area contributed by atoms with Crippen molar-refractivity contribution in [3.05, 3.63) is 200 Å². The Kier molecular flexibility index (Phi) is 7.54. The third-order valence-electron chi connectivity index (χ3n) is 12.3. The maximum atomic E-state index is 6.62. The topological polar surface area (TPSA) is 65.0 Å². The second kappa shape index (κ2) is 13.6. The van der Waals surface area contributed by atoms with Gasteiger partial charge in [0.25, 0.3) is 0 Å². The van der Waals surface area contributed by atoms with Gasteiger partial charge in [0.15, 0.2) is 17.5 Å². The summed E-state index contributed by atoms with van der Waals surface area (Å²) < 4.78 is 12.9. The fourth-order valence-electron chi connectivity index (χ4n) is 9.36. The second-order valence-electron chi connectivity index (χ2n) is 15.9. The molecule has 13 rings (SSSR count). The number of para-hydroxylation sites is 1. The molecule has 0 unspecified atom stereocenters. The highest BCUT2D eigenvalue weighted by molar-refractivity contribution is 6.17. The smallest absolute Gasteiger partial charge is 0.164 e. The molecule has 0 fully saturated rings. The molecule has 0 amide bonds. The summed E-state index contributed by atoms with van der Waals surface area (Å²) in [6.07, 6.45) is 0. The summed E-state index contributed by atoms with van der Waals surface area (Å²) in [5, 5.41) is 11.0. The number of rotatable bonds is 5. The Labute approximate surface area is 355 Å². The lowest BCUT2D eigenvalue weighted by atomic mass is 9.92. The van der Waals surface area contributed by atoms with E-state index in [1.54, 1.807) is 0 Å². The van der Waals surface area contributed by atoms with Crippen LogP contribution in [-0.4, -0.2) is 15.0 Å². The van der Waals surface area contributed by atoms with E-state index in [2.05, 4.69) is 170 Å². The highest BCUT2D eigenvalue weighted by Gasteiger charge is 2.21. The minimum absolute atomic E-state index is 0.584. The zero-order valence-corrected chi connectivity index (χ0v) is 33.2. The first-order valence-electron chi connectivity index (χ1n) is 20.8. The summed E-state index contributed by atoms with van der Waals surface area (Å²) in [6.45, 7) is 0. The third-order valence-corrected chi connectivity index (χ3v) is 12.3. The maximum Gasteiger partial charge on any atom is 0.164 e. The molecular weight excluding hydrogens is 759 g/mol. The van der Waals surface area contributed by atoms with Gasteiger partial charge >= 0.3 is 0 Å². The van der Waals surface area contributed by atoms with E-state index in [0.717, 1.165) is 104 Å². The fourth-order valence-corrected chi connectivity index (χ4v) is 9.36. The summed E-state index contributed by atoms with van der Waals surface area (Å²) in [4.78, 5) is 15.8. The molecule has 0 spiro atoms. The highest BCUT2D eigenvalue weighted by atomic mass is 16.3. The lowest BCUT2D eigenvalue weighted by Crippen LogP contribution is -2.01. The highest BCUT2D eigenvalue weighted by Crippen LogP contribution is 2.43. The molecule has 0 radical (unpaired) electrons. The molecule has 0 saturated heterocycles. The second-order valence-corrected chi connectivity index (χ2v) is 15.9. The van der Waals surface area contributed by atoms with E-state index in [0.29, 0.717) is 17.5 Å². The van der Waals surface area contributed by atoms with E-state index in [4.69, 9.17) is 23.8 Å².